The van der Waals surface area contributed by atoms with Crippen LogP contribution in [0.2, 0.25) is 0 Å². The van der Waals surface area contributed by atoms with Crippen molar-refractivity contribution in [1.29, 1.82) is 0 Å². The van der Waals surface area contributed by atoms with Gasteiger partial charge in [0.2, 0.25) is 0 Å². The lowest BCUT2D eigenvalue weighted by atomic mass is 9.43. The van der Waals surface area contributed by atoms with E-state index in [-0.39, 0.29) is 30.1 Å². The number of alkyl halides is 3. The lowest BCUT2D eigenvalue weighted by molar-refractivity contribution is -0.234. The molecule has 0 aliphatic heterocycles. The predicted octanol–water partition coefficient (Wildman–Crippen LogP) is 5.38. The van der Waals surface area contributed by atoms with Crippen molar-refractivity contribution in [1.82, 2.24) is 0 Å². The fourth-order valence-corrected chi connectivity index (χ4v) is 8.26. The summed E-state index contributed by atoms with van der Waals surface area (Å²) in [5, 5.41) is 10.9. The Morgan fingerprint density at radius 1 is 1.00 bits per heavy atom. The highest BCUT2D eigenvalue weighted by molar-refractivity contribution is 5.79. The fourth-order valence-electron chi connectivity index (χ4n) is 8.26. The van der Waals surface area contributed by atoms with Crippen LogP contribution in [0.15, 0.2) is 0 Å². The maximum Gasteiger partial charge on any atom is 0.391 e. The number of rotatable bonds is 1. The standard InChI is InChI=1S/C22H33F3O2/c1-12(26)16-6-7-17-15-5-4-13-10-14(22(23,24)25)11-19(27)21(13,3)18(15)8-9-20(16,17)2/h13-19,27H,4-11H2,1-3H3/t13-,14+,15-,16+,17-,18-,19?,20+,21-/m0/s1. The van der Waals surface area contributed by atoms with E-state index in [0.29, 0.717) is 23.5 Å². The van der Waals surface area contributed by atoms with Crippen molar-refractivity contribution in [3.8, 4) is 0 Å². The Morgan fingerprint density at radius 3 is 2.33 bits per heavy atom. The van der Waals surface area contributed by atoms with Crippen LogP contribution in [-0.4, -0.2) is 23.2 Å². The van der Waals surface area contributed by atoms with Gasteiger partial charge in [0, 0.05) is 5.92 Å². The Balaban J connectivity index is 1.61. The minimum atomic E-state index is -4.20. The minimum absolute atomic E-state index is 0.0384. The molecule has 0 spiro atoms. The second-order valence-corrected chi connectivity index (χ2v) is 10.5. The summed E-state index contributed by atoms with van der Waals surface area (Å²) in [6.07, 6.45) is 0.655. The molecule has 0 bridgehead atoms. The fraction of sp³-hybridized carbons (Fsp3) is 0.955. The smallest absolute Gasteiger partial charge is 0.391 e. The minimum Gasteiger partial charge on any atom is -0.393 e. The van der Waals surface area contributed by atoms with E-state index in [1.165, 1.54) is 0 Å². The molecule has 4 aliphatic rings. The molecule has 0 aromatic rings. The number of halogens is 3. The van der Waals surface area contributed by atoms with Crippen molar-refractivity contribution >= 4 is 5.78 Å². The number of aliphatic hydroxyl groups excluding tert-OH is 1. The number of ketones is 1. The molecule has 2 nitrogen and oxygen atoms in total. The third-order valence-corrected chi connectivity index (χ3v) is 9.71. The highest BCUT2D eigenvalue weighted by Gasteiger charge is 2.64. The normalized spacial score (nSPS) is 52.6. The molecule has 0 aromatic heterocycles. The summed E-state index contributed by atoms with van der Waals surface area (Å²) in [6, 6.07) is 0. The zero-order valence-electron chi connectivity index (χ0n) is 16.7. The second-order valence-electron chi connectivity index (χ2n) is 10.5. The molecule has 1 N–H and O–H groups in total. The highest BCUT2D eigenvalue weighted by atomic mass is 19.4. The van der Waals surface area contributed by atoms with Gasteiger partial charge in [0.25, 0.3) is 0 Å². The van der Waals surface area contributed by atoms with Crippen LogP contribution in [0, 0.1) is 46.3 Å². The lowest BCUT2D eigenvalue weighted by Gasteiger charge is -2.62. The monoisotopic (exact) mass is 386 g/mol. The molecule has 0 aromatic carbocycles. The number of aliphatic hydroxyl groups is 1. The first kappa shape index (κ1) is 19.7. The van der Waals surface area contributed by atoms with Crippen LogP contribution >= 0.6 is 0 Å². The second kappa shape index (κ2) is 6.21. The molecule has 4 saturated carbocycles. The predicted molar refractivity (Wildman–Crippen MR) is 96.8 cm³/mol. The molecule has 1 unspecified atom stereocenters. The van der Waals surface area contributed by atoms with Gasteiger partial charge in [-0.3, -0.25) is 4.79 Å². The maximum absolute atomic E-state index is 13.3. The molecule has 9 atom stereocenters. The van der Waals surface area contributed by atoms with Gasteiger partial charge in [-0.1, -0.05) is 13.8 Å². The van der Waals surface area contributed by atoms with Crippen LogP contribution in [0.3, 0.4) is 0 Å². The van der Waals surface area contributed by atoms with Crippen LogP contribution < -0.4 is 0 Å². The quantitative estimate of drug-likeness (QED) is 0.657. The van der Waals surface area contributed by atoms with Crippen LogP contribution in [0.4, 0.5) is 13.2 Å². The average molecular weight is 386 g/mol. The Kier molecular flexibility index (Phi) is 4.53. The highest BCUT2D eigenvalue weighted by Crippen LogP contribution is 2.68. The lowest BCUT2D eigenvalue weighted by Crippen LogP contribution is -2.59. The largest absolute Gasteiger partial charge is 0.393 e. The number of fused-ring (bicyclic) bond motifs is 5. The number of hydrogen-bond donors (Lipinski definition) is 1. The van der Waals surface area contributed by atoms with E-state index in [1.807, 2.05) is 0 Å². The Labute approximate surface area is 160 Å². The van der Waals surface area contributed by atoms with E-state index in [0.717, 1.165) is 38.5 Å². The Morgan fingerprint density at radius 2 is 1.70 bits per heavy atom. The molecule has 154 valence electrons. The number of carbonyl (C=O) groups excluding carboxylic acids is 1. The number of hydrogen-bond acceptors (Lipinski definition) is 2. The number of carbonyl (C=O) groups is 1. The van der Waals surface area contributed by atoms with Crippen LogP contribution in [-0.2, 0) is 4.79 Å². The summed E-state index contributed by atoms with van der Waals surface area (Å²) < 4.78 is 40.0. The van der Waals surface area contributed by atoms with E-state index in [4.69, 9.17) is 0 Å². The van der Waals surface area contributed by atoms with Crippen molar-refractivity contribution in [2.75, 3.05) is 0 Å². The summed E-state index contributed by atoms with van der Waals surface area (Å²) in [4.78, 5) is 12.2. The summed E-state index contributed by atoms with van der Waals surface area (Å²) in [5.74, 6) is 0.267. The van der Waals surface area contributed by atoms with Crippen molar-refractivity contribution in [3.05, 3.63) is 0 Å². The van der Waals surface area contributed by atoms with Gasteiger partial charge in [-0.2, -0.15) is 13.2 Å². The summed E-state index contributed by atoms with van der Waals surface area (Å²) in [6.45, 7) is 6.06. The summed E-state index contributed by atoms with van der Waals surface area (Å²) >= 11 is 0. The Hall–Kier alpha value is -0.580. The maximum atomic E-state index is 13.3. The molecule has 0 amide bonds. The van der Waals surface area contributed by atoms with E-state index in [2.05, 4.69) is 13.8 Å². The molecular weight excluding hydrogens is 353 g/mol. The molecule has 4 aliphatic carbocycles. The van der Waals surface area contributed by atoms with E-state index in [1.54, 1.807) is 6.92 Å². The molecule has 0 saturated heterocycles. The van der Waals surface area contributed by atoms with Crippen molar-refractivity contribution in [2.45, 2.75) is 84.4 Å². The molecule has 5 heteroatoms. The van der Waals surface area contributed by atoms with Gasteiger partial charge >= 0.3 is 6.18 Å². The zero-order valence-corrected chi connectivity index (χ0v) is 16.7. The topological polar surface area (TPSA) is 37.3 Å². The van der Waals surface area contributed by atoms with Gasteiger partial charge in [0.1, 0.15) is 5.78 Å². The summed E-state index contributed by atoms with van der Waals surface area (Å²) in [7, 11) is 0. The molecule has 0 radical (unpaired) electrons. The van der Waals surface area contributed by atoms with Crippen molar-refractivity contribution < 1.29 is 23.1 Å². The third kappa shape index (κ3) is 2.73. The van der Waals surface area contributed by atoms with Gasteiger partial charge in [0.15, 0.2) is 0 Å². The van der Waals surface area contributed by atoms with Gasteiger partial charge < -0.3 is 5.11 Å². The first-order valence-corrected chi connectivity index (χ1v) is 10.7. The molecule has 27 heavy (non-hydrogen) atoms. The zero-order chi connectivity index (χ0) is 19.8. The van der Waals surface area contributed by atoms with E-state index < -0.39 is 23.6 Å². The third-order valence-electron chi connectivity index (χ3n) is 9.71. The van der Waals surface area contributed by atoms with Gasteiger partial charge in [-0.25, -0.2) is 0 Å². The van der Waals surface area contributed by atoms with Gasteiger partial charge in [0.05, 0.1) is 12.0 Å². The molecule has 4 fully saturated rings. The first-order chi connectivity index (χ1) is 12.5. The van der Waals surface area contributed by atoms with Crippen LogP contribution in [0.25, 0.3) is 0 Å². The molecule has 0 heterocycles. The van der Waals surface area contributed by atoms with Crippen LogP contribution in [0.1, 0.15) is 72.1 Å². The average Bonchev–Trinajstić information content (AvgIpc) is 2.92. The van der Waals surface area contributed by atoms with Crippen molar-refractivity contribution in [3.63, 3.8) is 0 Å². The van der Waals surface area contributed by atoms with E-state index >= 15 is 0 Å². The Bertz CT molecular complexity index is 617. The van der Waals surface area contributed by atoms with Gasteiger partial charge in [-0.05, 0) is 92.8 Å². The van der Waals surface area contributed by atoms with Crippen LogP contribution in [0.5, 0.6) is 0 Å². The molecular formula is C22H33F3O2. The summed E-state index contributed by atoms with van der Waals surface area (Å²) in [5.41, 5.74) is -0.357. The first-order valence-electron chi connectivity index (χ1n) is 10.7. The number of Topliss-reactive ketones (excluding diaryl/α,β-unsaturated/α-hetero) is 1. The molecule has 4 rings (SSSR count). The van der Waals surface area contributed by atoms with Crippen molar-refractivity contribution in [2.24, 2.45) is 46.3 Å². The van der Waals surface area contributed by atoms with E-state index in [9.17, 15) is 23.1 Å². The SMILES string of the molecule is CC(=O)[C@H]1CC[C@H]2[C@@H]3CC[C@H]4C[C@@H](C(F)(F)F)CC(O)[C@]4(C)[C@H]3CC[C@]12C. The van der Waals surface area contributed by atoms with Gasteiger partial charge in [-0.15, -0.1) is 0 Å².